The predicted octanol–water partition coefficient (Wildman–Crippen LogP) is 0.861. The summed E-state index contributed by atoms with van der Waals surface area (Å²) in [7, 11) is 0. The van der Waals surface area contributed by atoms with Gasteiger partial charge in [0.1, 0.15) is 6.54 Å². The minimum Gasteiger partial charge on any atom is -0.370 e. The van der Waals surface area contributed by atoms with Crippen LogP contribution in [0.3, 0.4) is 0 Å². The normalized spacial score (nSPS) is 13.7. The minimum atomic E-state index is -4.29. The first-order chi connectivity index (χ1) is 5.31. The lowest BCUT2D eigenvalue weighted by Crippen LogP contribution is -2.37. The molecule has 72 valence electrons. The van der Waals surface area contributed by atoms with Crippen molar-refractivity contribution < 1.29 is 13.2 Å². The van der Waals surface area contributed by atoms with Gasteiger partial charge in [0.15, 0.2) is 5.96 Å². The summed E-state index contributed by atoms with van der Waals surface area (Å²) in [6.45, 7) is 2.28. The molecule has 3 nitrogen and oxygen atoms in total. The minimum absolute atomic E-state index is 0.0121. The maximum atomic E-state index is 11.6. The number of nitrogens with one attached hydrogen (secondary N) is 1. The third-order valence-electron chi connectivity index (χ3n) is 0.865. The first-order valence-corrected chi connectivity index (χ1v) is 3.44. The van der Waals surface area contributed by atoms with Gasteiger partial charge in [0.25, 0.3) is 0 Å². The SMILES string of the molecule is CC(C)NC(N)=NCC(F)(F)F. The van der Waals surface area contributed by atoms with Crippen LogP contribution in [0, 0.1) is 0 Å². The molecule has 0 aliphatic rings. The molecule has 0 aliphatic heterocycles. The average molecular weight is 183 g/mol. The van der Waals surface area contributed by atoms with E-state index in [0.717, 1.165) is 0 Å². The largest absolute Gasteiger partial charge is 0.408 e. The molecule has 0 heterocycles. The van der Waals surface area contributed by atoms with Crippen LogP contribution in [0.1, 0.15) is 13.8 Å². The van der Waals surface area contributed by atoms with Gasteiger partial charge < -0.3 is 11.1 Å². The lowest BCUT2D eigenvalue weighted by molar-refractivity contribution is -0.118. The second-order valence-electron chi connectivity index (χ2n) is 2.62. The smallest absolute Gasteiger partial charge is 0.370 e. The van der Waals surface area contributed by atoms with E-state index in [2.05, 4.69) is 10.3 Å². The van der Waals surface area contributed by atoms with Crippen molar-refractivity contribution in [3.8, 4) is 0 Å². The molecular weight excluding hydrogens is 171 g/mol. The molecule has 0 aromatic rings. The molecule has 0 unspecified atom stereocenters. The topological polar surface area (TPSA) is 50.4 Å². The van der Waals surface area contributed by atoms with Gasteiger partial charge in [-0.15, -0.1) is 0 Å². The standard InChI is InChI=1S/C6H12F3N3/c1-4(2)12-5(10)11-3-6(7,8)9/h4H,3H2,1-2H3,(H3,10,11,12). The monoisotopic (exact) mass is 183 g/mol. The Kier molecular flexibility index (Phi) is 3.85. The van der Waals surface area contributed by atoms with Crippen LogP contribution in [0.25, 0.3) is 0 Å². The van der Waals surface area contributed by atoms with Gasteiger partial charge in [-0.05, 0) is 13.8 Å². The van der Waals surface area contributed by atoms with Gasteiger partial charge in [-0.1, -0.05) is 0 Å². The van der Waals surface area contributed by atoms with Gasteiger partial charge in [0.05, 0.1) is 0 Å². The van der Waals surface area contributed by atoms with Crippen LogP contribution in [0.5, 0.6) is 0 Å². The second kappa shape index (κ2) is 4.18. The first kappa shape index (κ1) is 11.1. The summed E-state index contributed by atoms with van der Waals surface area (Å²) in [6, 6.07) is -0.0121. The van der Waals surface area contributed by atoms with Gasteiger partial charge in [-0.2, -0.15) is 13.2 Å². The van der Waals surface area contributed by atoms with Crippen molar-refractivity contribution in [3.05, 3.63) is 0 Å². The zero-order chi connectivity index (χ0) is 9.78. The fourth-order valence-electron chi connectivity index (χ4n) is 0.516. The van der Waals surface area contributed by atoms with E-state index < -0.39 is 12.7 Å². The van der Waals surface area contributed by atoms with Gasteiger partial charge in [-0.3, -0.25) is 0 Å². The van der Waals surface area contributed by atoms with Crippen molar-refractivity contribution >= 4 is 5.96 Å². The maximum Gasteiger partial charge on any atom is 0.408 e. The molecule has 0 saturated heterocycles. The fourth-order valence-corrected chi connectivity index (χ4v) is 0.516. The Morgan fingerprint density at radius 3 is 2.33 bits per heavy atom. The van der Waals surface area contributed by atoms with Gasteiger partial charge >= 0.3 is 6.18 Å². The molecule has 6 heteroatoms. The zero-order valence-electron chi connectivity index (χ0n) is 6.94. The van der Waals surface area contributed by atoms with Crippen LogP contribution in [0.15, 0.2) is 4.99 Å². The first-order valence-electron chi connectivity index (χ1n) is 3.44. The third kappa shape index (κ3) is 7.17. The number of alkyl halides is 3. The molecule has 0 aromatic heterocycles. The molecule has 0 amide bonds. The Labute approximate surface area is 68.8 Å². The summed E-state index contributed by atoms with van der Waals surface area (Å²) in [5, 5.41) is 2.54. The van der Waals surface area contributed by atoms with E-state index in [1.165, 1.54) is 0 Å². The molecule has 0 rings (SSSR count). The lowest BCUT2D eigenvalue weighted by atomic mass is 10.4. The Morgan fingerprint density at radius 2 is 2.00 bits per heavy atom. The van der Waals surface area contributed by atoms with Crippen molar-refractivity contribution in [2.45, 2.75) is 26.1 Å². The summed E-state index contributed by atoms with van der Waals surface area (Å²) in [4.78, 5) is 3.09. The molecule has 0 radical (unpaired) electrons. The number of aliphatic imine (C=N–C) groups is 1. The highest BCUT2D eigenvalue weighted by Gasteiger charge is 2.26. The highest BCUT2D eigenvalue weighted by atomic mass is 19.4. The van der Waals surface area contributed by atoms with Crippen LogP contribution < -0.4 is 11.1 Å². The molecule has 0 aliphatic carbocycles. The molecule has 0 spiro atoms. The van der Waals surface area contributed by atoms with Crippen molar-refractivity contribution in [1.82, 2.24) is 5.32 Å². The Morgan fingerprint density at radius 1 is 1.50 bits per heavy atom. The van der Waals surface area contributed by atoms with Crippen LogP contribution in [-0.2, 0) is 0 Å². The summed E-state index contributed by atoms with van der Waals surface area (Å²) >= 11 is 0. The Hall–Kier alpha value is -0.940. The van der Waals surface area contributed by atoms with E-state index in [0.29, 0.717) is 0 Å². The summed E-state index contributed by atoms with van der Waals surface area (Å²) in [5.41, 5.74) is 5.12. The molecule has 3 N–H and O–H groups in total. The van der Waals surface area contributed by atoms with Crippen LogP contribution in [0.2, 0.25) is 0 Å². The zero-order valence-corrected chi connectivity index (χ0v) is 6.94. The molecule has 0 aromatic carbocycles. The number of nitrogens with two attached hydrogens (primary N) is 1. The second-order valence-corrected chi connectivity index (χ2v) is 2.62. The van der Waals surface area contributed by atoms with E-state index in [-0.39, 0.29) is 12.0 Å². The van der Waals surface area contributed by atoms with Gasteiger partial charge in [-0.25, -0.2) is 4.99 Å². The van der Waals surface area contributed by atoms with Crippen LogP contribution >= 0.6 is 0 Å². The summed E-state index contributed by atoms with van der Waals surface area (Å²) < 4.78 is 34.7. The number of rotatable bonds is 2. The van der Waals surface area contributed by atoms with E-state index in [4.69, 9.17) is 5.73 Å². The molecular formula is C6H12F3N3. The van der Waals surface area contributed by atoms with Crippen molar-refractivity contribution in [2.24, 2.45) is 10.7 Å². The third-order valence-corrected chi connectivity index (χ3v) is 0.865. The summed E-state index contributed by atoms with van der Waals surface area (Å²) in [5.74, 6) is -0.178. The molecule has 0 atom stereocenters. The van der Waals surface area contributed by atoms with E-state index >= 15 is 0 Å². The highest BCUT2D eigenvalue weighted by molar-refractivity contribution is 5.78. The number of nitrogens with zero attached hydrogens (tertiary/aromatic N) is 1. The number of hydrogen-bond donors (Lipinski definition) is 2. The molecule has 0 bridgehead atoms. The lowest BCUT2D eigenvalue weighted by Gasteiger charge is -2.09. The Bertz CT molecular complexity index is 162. The number of halogens is 3. The quantitative estimate of drug-likeness (QED) is 0.492. The van der Waals surface area contributed by atoms with E-state index in [1.807, 2.05) is 0 Å². The number of hydrogen-bond acceptors (Lipinski definition) is 1. The average Bonchev–Trinajstić information content (AvgIpc) is 1.80. The number of guanidine groups is 1. The van der Waals surface area contributed by atoms with E-state index in [9.17, 15) is 13.2 Å². The van der Waals surface area contributed by atoms with Gasteiger partial charge in [0, 0.05) is 6.04 Å². The van der Waals surface area contributed by atoms with Gasteiger partial charge in [0.2, 0.25) is 0 Å². The maximum absolute atomic E-state index is 11.6. The molecule has 0 fully saturated rings. The van der Waals surface area contributed by atoms with Crippen LogP contribution in [0.4, 0.5) is 13.2 Å². The Balaban J connectivity index is 3.85. The molecule has 12 heavy (non-hydrogen) atoms. The van der Waals surface area contributed by atoms with E-state index in [1.54, 1.807) is 13.8 Å². The van der Waals surface area contributed by atoms with Crippen molar-refractivity contribution in [3.63, 3.8) is 0 Å². The molecule has 0 saturated carbocycles. The van der Waals surface area contributed by atoms with Crippen LogP contribution in [-0.4, -0.2) is 24.7 Å². The van der Waals surface area contributed by atoms with Crippen molar-refractivity contribution in [2.75, 3.05) is 6.54 Å². The van der Waals surface area contributed by atoms with Crippen molar-refractivity contribution in [1.29, 1.82) is 0 Å². The fraction of sp³-hybridized carbons (Fsp3) is 0.833. The predicted molar refractivity (Wildman–Crippen MR) is 40.8 cm³/mol. The summed E-state index contributed by atoms with van der Waals surface area (Å²) in [6.07, 6.45) is -4.29. The highest BCUT2D eigenvalue weighted by Crippen LogP contribution is 2.13.